The van der Waals surface area contributed by atoms with Crippen LogP contribution in [-0.4, -0.2) is 45.4 Å². The highest BCUT2D eigenvalue weighted by molar-refractivity contribution is 6.09. The molecule has 0 aliphatic rings. The van der Waals surface area contributed by atoms with Gasteiger partial charge in [-0.2, -0.15) is 5.10 Å². The lowest BCUT2D eigenvalue weighted by Crippen LogP contribution is -2.26. The first-order valence-corrected chi connectivity index (χ1v) is 8.73. The number of nitro groups is 1. The summed E-state index contributed by atoms with van der Waals surface area (Å²) in [5, 5.41) is 18.5. The molecule has 9 heteroatoms. The number of rotatable bonds is 7. The van der Waals surface area contributed by atoms with Gasteiger partial charge in [-0.25, -0.2) is 0 Å². The van der Waals surface area contributed by atoms with Crippen molar-refractivity contribution in [2.24, 2.45) is 0 Å². The Bertz CT molecular complexity index is 1060. The van der Waals surface area contributed by atoms with E-state index in [0.29, 0.717) is 11.3 Å². The average molecular weight is 393 g/mol. The Kier molecular flexibility index (Phi) is 5.68. The molecule has 29 heavy (non-hydrogen) atoms. The highest BCUT2D eigenvalue weighted by Gasteiger charge is 2.19. The number of amides is 1. The largest absolute Gasteiger partial charge is 0.347 e. The number of carbonyl (C=O) groups is 2. The van der Waals surface area contributed by atoms with Crippen molar-refractivity contribution in [2.45, 2.75) is 6.54 Å². The molecule has 3 aromatic rings. The van der Waals surface area contributed by atoms with Crippen LogP contribution in [0.15, 0.2) is 60.9 Å². The number of nitrogens with zero attached hydrogens (tertiary/aromatic N) is 4. The number of carbonyl (C=O) groups excluding carboxylic acids is 2. The molecular formula is C20H19N5O4. The minimum atomic E-state index is -0.551. The monoisotopic (exact) mass is 393 g/mol. The fraction of sp³-hybridized carbons (Fsp3) is 0.150. The van der Waals surface area contributed by atoms with E-state index in [2.05, 4.69) is 10.4 Å². The van der Waals surface area contributed by atoms with E-state index in [1.165, 1.54) is 34.0 Å². The van der Waals surface area contributed by atoms with E-state index in [0.717, 1.165) is 0 Å². The molecule has 9 nitrogen and oxygen atoms in total. The van der Waals surface area contributed by atoms with Gasteiger partial charge in [-0.1, -0.05) is 30.3 Å². The molecule has 1 aromatic heterocycles. The molecule has 0 aliphatic heterocycles. The van der Waals surface area contributed by atoms with E-state index in [4.69, 9.17) is 0 Å². The van der Waals surface area contributed by atoms with Crippen molar-refractivity contribution >= 4 is 28.8 Å². The predicted molar refractivity (Wildman–Crippen MR) is 107 cm³/mol. The molecule has 0 radical (unpaired) electrons. The highest BCUT2D eigenvalue weighted by atomic mass is 16.6. The minimum absolute atomic E-state index is 0.0568. The van der Waals surface area contributed by atoms with Gasteiger partial charge in [0.1, 0.15) is 12.2 Å². The van der Waals surface area contributed by atoms with Crippen molar-refractivity contribution in [3.8, 4) is 0 Å². The SMILES string of the molecule is CN(C)C(=O)Cn1cc(Nc2ccc(C(=O)c3ccccc3)cc2[N+](=O)[O-])cn1. The topological polar surface area (TPSA) is 110 Å². The number of benzene rings is 2. The zero-order chi connectivity index (χ0) is 21.0. The van der Waals surface area contributed by atoms with Crippen molar-refractivity contribution in [3.63, 3.8) is 0 Å². The first-order valence-electron chi connectivity index (χ1n) is 8.73. The van der Waals surface area contributed by atoms with Crippen LogP contribution in [0.3, 0.4) is 0 Å². The van der Waals surface area contributed by atoms with Crippen LogP contribution in [0.2, 0.25) is 0 Å². The van der Waals surface area contributed by atoms with Crippen LogP contribution < -0.4 is 5.32 Å². The van der Waals surface area contributed by atoms with Crippen LogP contribution in [0, 0.1) is 10.1 Å². The summed E-state index contributed by atoms with van der Waals surface area (Å²) in [5.74, 6) is -0.426. The molecule has 0 unspecified atom stereocenters. The third-order valence-corrected chi connectivity index (χ3v) is 4.20. The maximum atomic E-state index is 12.6. The van der Waals surface area contributed by atoms with E-state index in [9.17, 15) is 19.7 Å². The molecule has 3 rings (SSSR count). The normalized spacial score (nSPS) is 10.4. The van der Waals surface area contributed by atoms with Gasteiger partial charge in [0.2, 0.25) is 5.91 Å². The molecule has 1 amide bonds. The van der Waals surface area contributed by atoms with E-state index < -0.39 is 4.92 Å². The Morgan fingerprint density at radius 2 is 1.86 bits per heavy atom. The van der Waals surface area contributed by atoms with Gasteiger partial charge in [-0.3, -0.25) is 24.4 Å². The Morgan fingerprint density at radius 1 is 1.14 bits per heavy atom. The van der Waals surface area contributed by atoms with Crippen molar-refractivity contribution in [1.29, 1.82) is 0 Å². The van der Waals surface area contributed by atoms with Gasteiger partial charge >= 0.3 is 0 Å². The first kappa shape index (κ1) is 19.7. The average Bonchev–Trinajstić information content (AvgIpc) is 3.14. The van der Waals surface area contributed by atoms with Gasteiger partial charge in [0, 0.05) is 37.5 Å². The van der Waals surface area contributed by atoms with E-state index in [-0.39, 0.29) is 35.2 Å². The lowest BCUT2D eigenvalue weighted by Gasteiger charge is -2.09. The summed E-state index contributed by atoms with van der Waals surface area (Å²) in [6, 6.07) is 12.8. The lowest BCUT2D eigenvalue weighted by molar-refractivity contribution is -0.383. The Balaban J connectivity index is 1.83. The predicted octanol–water partition coefficient (Wildman–Crippen LogP) is 2.85. The molecule has 0 spiro atoms. The van der Waals surface area contributed by atoms with Crippen LogP contribution in [0.25, 0.3) is 0 Å². The number of nitrogens with one attached hydrogen (secondary N) is 1. The molecule has 148 valence electrons. The number of nitro benzene ring substituents is 1. The van der Waals surface area contributed by atoms with Crippen molar-refractivity contribution in [2.75, 3.05) is 19.4 Å². The molecule has 0 atom stereocenters. The van der Waals surface area contributed by atoms with Crippen molar-refractivity contribution in [3.05, 3.63) is 82.2 Å². The molecule has 1 heterocycles. The molecule has 0 fully saturated rings. The second kappa shape index (κ2) is 8.34. The summed E-state index contributed by atoms with van der Waals surface area (Å²) in [4.78, 5) is 36.8. The van der Waals surface area contributed by atoms with E-state index >= 15 is 0 Å². The van der Waals surface area contributed by atoms with Crippen LogP contribution >= 0.6 is 0 Å². The second-order valence-corrected chi connectivity index (χ2v) is 6.52. The van der Waals surface area contributed by atoms with Gasteiger partial charge in [0.25, 0.3) is 5.69 Å². The summed E-state index contributed by atoms with van der Waals surface area (Å²) in [5.41, 5.74) is 1.15. The fourth-order valence-corrected chi connectivity index (χ4v) is 2.64. The number of aromatic nitrogens is 2. The van der Waals surface area contributed by atoms with Crippen molar-refractivity contribution < 1.29 is 14.5 Å². The zero-order valence-corrected chi connectivity index (χ0v) is 15.9. The summed E-state index contributed by atoms with van der Waals surface area (Å²) in [6.07, 6.45) is 3.05. The Hall–Kier alpha value is -4.01. The van der Waals surface area contributed by atoms with E-state index in [1.54, 1.807) is 50.6 Å². The van der Waals surface area contributed by atoms with E-state index in [1.807, 2.05) is 0 Å². The lowest BCUT2D eigenvalue weighted by atomic mass is 10.0. The second-order valence-electron chi connectivity index (χ2n) is 6.52. The van der Waals surface area contributed by atoms with Crippen LogP contribution in [-0.2, 0) is 11.3 Å². The van der Waals surface area contributed by atoms with Gasteiger partial charge in [-0.05, 0) is 12.1 Å². The Morgan fingerprint density at radius 3 is 2.52 bits per heavy atom. The zero-order valence-electron chi connectivity index (χ0n) is 15.9. The standard InChI is InChI=1S/C20H19N5O4/c1-23(2)19(26)13-24-12-16(11-21-24)22-17-9-8-15(10-18(17)25(28)29)20(27)14-6-4-3-5-7-14/h3-12,22H,13H2,1-2H3. The smallest absolute Gasteiger partial charge is 0.293 e. The summed E-state index contributed by atoms with van der Waals surface area (Å²) in [6.45, 7) is 0.0568. The number of ketones is 1. The van der Waals surface area contributed by atoms with Crippen LogP contribution in [0.1, 0.15) is 15.9 Å². The molecule has 0 aliphatic carbocycles. The molecular weight excluding hydrogens is 374 g/mol. The van der Waals surface area contributed by atoms with Gasteiger partial charge in [0.15, 0.2) is 5.78 Å². The maximum Gasteiger partial charge on any atom is 0.293 e. The van der Waals surface area contributed by atoms with Gasteiger partial charge in [-0.15, -0.1) is 0 Å². The minimum Gasteiger partial charge on any atom is -0.347 e. The quantitative estimate of drug-likeness (QED) is 0.375. The van der Waals surface area contributed by atoms with Crippen molar-refractivity contribution in [1.82, 2.24) is 14.7 Å². The number of likely N-dealkylation sites (N-methyl/N-ethyl adjacent to an activating group) is 1. The fourth-order valence-electron chi connectivity index (χ4n) is 2.64. The first-order chi connectivity index (χ1) is 13.8. The van der Waals surface area contributed by atoms with Crippen LogP contribution in [0.4, 0.5) is 17.1 Å². The van der Waals surface area contributed by atoms with Gasteiger partial charge in [0.05, 0.1) is 16.8 Å². The highest BCUT2D eigenvalue weighted by Crippen LogP contribution is 2.29. The number of anilines is 2. The summed E-state index contributed by atoms with van der Waals surface area (Å²) >= 11 is 0. The maximum absolute atomic E-state index is 12.6. The third kappa shape index (κ3) is 4.64. The Labute approximate surface area is 166 Å². The van der Waals surface area contributed by atoms with Gasteiger partial charge < -0.3 is 10.2 Å². The molecule has 0 bridgehead atoms. The third-order valence-electron chi connectivity index (χ3n) is 4.20. The molecule has 2 aromatic carbocycles. The molecule has 0 saturated heterocycles. The number of hydrogen-bond acceptors (Lipinski definition) is 6. The molecule has 1 N–H and O–H groups in total. The summed E-state index contributed by atoms with van der Waals surface area (Å²) < 4.78 is 1.43. The van der Waals surface area contributed by atoms with Crippen LogP contribution in [0.5, 0.6) is 0 Å². The summed E-state index contributed by atoms with van der Waals surface area (Å²) in [7, 11) is 3.29. The molecule has 0 saturated carbocycles. The number of hydrogen-bond donors (Lipinski definition) is 1.